The average molecular weight is 313 g/mol. The van der Waals surface area contributed by atoms with Gasteiger partial charge in [0, 0.05) is 24.7 Å². The Morgan fingerprint density at radius 3 is 2.22 bits per heavy atom. The molecule has 1 aromatic heterocycles. The van der Waals surface area contributed by atoms with Crippen molar-refractivity contribution in [3.8, 4) is 0 Å². The zero-order valence-electron chi connectivity index (χ0n) is 14.7. The van der Waals surface area contributed by atoms with Gasteiger partial charge in [0.05, 0.1) is 5.60 Å². The summed E-state index contributed by atoms with van der Waals surface area (Å²) in [6.45, 7) is 11.1. The Bertz CT molecular complexity index is 627. The summed E-state index contributed by atoms with van der Waals surface area (Å²) in [4.78, 5) is 11.2. The lowest BCUT2D eigenvalue weighted by Gasteiger charge is -2.31. The summed E-state index contributed by atoms with van der Waals surface area (Å²) in [5, 5.41) is 10.3. The van der Waals surface area contributed by atoms with Crippen LogP contribution in [0.2, 0.25) is 0 Å². The average Bonchev–Trinajstić information content (AvgIpc) is 2.45. The predicted molar refractivity (Wildman–Crippen MR) is 94.5 cm³/mol. The Morgan fingerprint density at radius 1 is 1.00 bits per heavy atom. The molecular weight excluding hydrogens is 286 g/mol. The van der Waals surface area contributed by atoms with E-state index in [1.54, 1.807) is 6.20 Å². The number of aromatic nitrogens is 2. The minimum Gasteiger partial charge on any atom is -0.389 e. The van der Waals surface area contributed by atoms with Crippen LogP contribution in [0.3, 0.4) is 0 Å². The maximum absolute atomic E-state index is 10.3. The van der Waals surface area contributed by atoms with Crippen LogP contribution in [-0.2, 0) is 12.0 Å². The van der Waals surface area contributed by atoms with Crippen molar-refractivity contribution in [2.75, 3.05) is 11.4 Å². The molecule has 0 bridgehead atoms. The molecule has 0 saturated carbocycles. The Hall–Kier alpha value is -1.94. The van der Waals surface area contributed by atoms with E-state index in [0.29, 0.717) is 13.1 Å². The van der Waals surface area contributed by atoms with Gasteiger partial charge < -0.3 is 10.0 Å². The number of nitrogens with zero attached hydrogens (tertiary/aromatic N) is 3. The smallest absolute Gasteiger partial charge is 0.135 e. The molecule has 0 aliphatic rings. The first-order valence-corrected chi connectivity index (χ1v) is 8.00. The molecule has 1 heterocycles. The fourth-order valence-corrected chi connectivity index (χ4v) is 2.38. The normalized spacial score (nSPS) is 12.3. The summed E-state index contributed by atoms with van der Waals surface area (Å²) in [5.41, 5.74) is 0.276. The van der Waals surface area contributed by atoms with Gasteiger partial charge in [0.15, 0.2) is 0 Å². The maximum atomic E-state index is 10.3. The molecule has 1 aromatic carbocycles. The number of aliphatic hydroxyl groups is 1. The van der Waals surface area contributed by atoms with Crippen LogP contribution in [0.25, 0.3) is 0 Å². The van der Waals surface area contributed by atoms with Gasteiger partial charge in [0.2, 0.25) is 0 Å². The van der Waals surface area contributed by atoms with Gasteiger partial charge in [-0.1, -0.05) is 51.1 Å². The minimum absolute atomic E-state index is 0.108. The first-order chi connectivity index (χ1) is 10.6. The highest BCUT2D eigenvalue weighted by molar-refractivity contribution is 5.40. The quantitative estimate of drug-likeness (QED) is 0.917. The second kappa shape index (κ2) is 6.67. The van der Waals surface area contributed by atoms with Crippen molar-refractivity contribution in [3.05, 3.63) is 54.0 Å². The molecule has 0 spiro atoms. The summed E-state index contributed by atoms with van der Waals surface area (Å²) in [5.74, 6) is 1.65. The lowest BCUT2D eigenvalue weighted by Crippen LogP contribution is -2.39. The molecule has 2 aromatic rings. The van der Waals surface area contributed by atoms with Crippen LogP contribution >= 0.6 is 0 Å². The van der Waals surface area contributed by atoms with Gasteiger partial charge in [-0.05, 0) is 25.5 Å². The lowest BCUT2D eigenvalue weighted by atomic mass is 9.96. The summed E-state index contributed by atoms with van der Waals surface area (Å²) >= 11 is 0. The number of benzene rings is 1. The van der Waals surface area contributed by atoms with Gasteiger partial charge in [-0.15, -0.1) is 0 Å². The molecule has 0 aliphatic heterocycles. The van der Waals surface area contributed by atoms with Gasteiger partial charge in [-0.25, -0.2) is 9.97 Å². The molecule has 2 rings (SSSR count). The molecule has 124 valence electrons. The van der Waals surface area contributed by atoms with Gasteiger partial charge in [-0.2, -0.15) is 0 Å². The molecular formula is C19H27N3O. The van der Waals surface area contributed by atoms with Crippen LogP contribution in [-0.4, -0.2) is 27.2 Å². The van der Waals surface area contributed by atoms with E-state index >= 15 is 0 Å². The van der Waals surface area contributed by atoms with Crippen molar-refractivity contribution in [2.24, 2.45) is 0 Å². The molecule has 4 nitrogen and oxygen atoms in total. The molecule has 0 aliphatic carbocycles. The van der Waals surface area contributed by atoms with E-state index in [1.807, 2.05) is 38.1 Å². The molecule has 0 atom stereocenters. The van der Waals surface area contributed by atoms with Crippen molar-refractivity contribution >= 4 is 5.82 Å². The highest BCUT2D eigenvalue weighted by Crippen LogP contribution is 2.23. The predicted octanol–water partition coefficient (Wildman–Crippen LogP) is 3.55. The monoisotopic (exact) mass is 313 g/mol. The second-order valence-corrected chi connectivity index (χ2v) is 7.64. The largest absolute Gasteiger partial charge is 0.389 e. The van der Waals surface area contributed by atoms with E-state index in [2.05, 4.69) is 42.8 Å². The van der Waals surface area contributed by atoms with Gasteiger partial charge >= 0.3 is 0 Å². The topological polar surface area (TPSA) is 49.2 Å². The maximum Gasteiger partial charge on any atom is 0.135 e. The van der Waals surface area contributed by atoms with Crippen molar-refractivity contribution in [1.82, 2.24) is 9.97 Å². The highest BCUT2D eigenvalue weighted by Gasteiger charge is 2.22. The van der Waals surface area contributed by atoms with E-state index < -0.39 is 5.60 Å². The SMILES string of the molecule is CC(C)(O)CN(Cc1ccccc1)c1ccnc(C(C)(C)C)n1. The fraction of sp³-hybridized carbons (Fsp3) is 0.474. The van der Waals surface area contributed by atoms with Crippen molar-refractivity contribution in [3.63, 3.8) is 0 Å². The molecule has 0 fully saturated rings. The van der Waals surface area contributed by atoms with Crippen LogP contribution in [0.15, 0.2) is 42.6 Å². The van der Waals surface area contributed by atoms with E-state index in [0.717, 1.165) is 11.6 Å². The van der Waals surface area contributed by atoms with Crippen LogP contribution in [0.1, 0.15) is 46.0 Å². The minimum atomic E-state index is -0.804. The van der Waals surface area contributed by atoms with E-state index in [4.69, 9.17) is 4.98 Å². The van der Waals surface area contributed by atoms with Gasteiger partial charge in [0.25, 0.3) is 0 Å². The zero-order valence-corrected chi connectivity index (χ0v) is 14.7. The standard InChI is InChI=1S/C19H27N3O/c1-18(2,3)17-20-12-11-16(21-17)22(14-19(4,5)23)13-15-9-7-6-8-10-15/h6-12,23H,13-14H2,1-5H3. The Balaban J connectivity index is 2.33. The number of hydrogen-bond acceptors (Lipinski definition) is 4. The highest BCUT2D eigenvalue weighted by atomic mass is 16.3. The van der Waals surface area contributed by atoms with E-state index in [1.165, 1.54) is 5.56 Å². The van der Waals surface area contributed by atoms with E-state index in [9.17, 15) is 5.11 Å². The van der Waals surface area contributed by atoms with Crippen LogP contribution in [0, 0.1) is 0 Å². The van der Waals surface area contributed by atoms with E-state index in [-0.39, 0.29) is 5.41 Å². The lowest BCUT2D eigenvalue weighted by molar-refractivity contribution is 0.0868. The molecule has 0 saturated heterocycles. The first kappa shape index (κ1) is 17.4. The second-order valence-electron chi connectivity index (χ2n) is 7.64. The number of rotatable bonds is 5. The summed E-state index contributed by atoms with van der Waals surface area (Å²) < 4.78 is 0. The molecule has 1 N–H and O–H groups in total. The molecule has 23 heavy (non-hydrogen) atoms. The Morgan fingerprint density at radius 2 is 1.65 bits per heavy atom. The van der Waals surface area contributed by atoms with Crippen LogP contribution < -0.4 is 4.90 Å². The van der Waals surface area contributed by atoms with Crippen molar-refractivity contribution < 1.29 is 5.11 Å². The third kappa shape index (κ3) is 5.32. The molecule has 0 unspecified atom stereocenters. The van der Waals surface area contributed by atoms with Crippen LogP contribution in [0.4, 0.5) is 5.82 Å². The molecule has 0 amide bonds. The third-order valence-electron chi connectivity index (χ3n) is 3.43. The molecule has 4 heteroatoms. The Kier molecular flexibility index (Phi) is 5.05. The summed E-state index contributed by atoms with van der Waals surface area (Å²) in [7, 11) is 0. The summed E-state index contributed by atoms with van der Waals surface area (Å²) in [6, 6.07) is 12.1. The van der Waals surface area contributed by atoms with Crippen molar-refractivity contribution in [2.45, 2.75) is 52.2 Å². The summed E-state index contributed by atoms with van der Waals surface area (Å²) in [6.07, 6.45) is 1.80. The zero-order chi connectivity index (χ0) is 17.1. The first-order valence-electron chi connectivity index (χ1n) is 8.00. The fourth-order valence-electron chi connectivity index (χ4n) is 2.38. The van der Waals surface area contributed by atoms with Crippen LogP contribution in [0.5, 0.6) is 0 Å². The third-order valence-corrected chi connectivity index (χ3v) is 3.43. The van der Waals surface area contributed by atoms with Gasteiger partial charge in [-0.3, -0.25) is 0 Å². The number of anilines is 1. The van der Waals surface area contributed by atoms with Crippen molar-refractivity contribution in [1.29, 1.82) is 0 Å². The van der Waals surface area contributed by atoms with Gasteiger partial charge in [0.1, 0.15) is 11.6 Å². The number of hydrogen-bond donors (Lipinski definition) is 1. The molecule has 0 radical (unpaired) electrons. The Labute approximate surface area is 139 Å².